The highest BCUT2D eigenvalue weighted by atomic mass is 16.5. The monoisotopic (exact) mass is 565 g/mol. The smallest absolute Gasteiger partial charge is 0.335 e. The Bertz CT molecular complexity index is 1430. The molecule has 0 radical (unpaired) electrons. The molecule has 1 heterocycles. The number of carboxylic acid groups (broad SMARTS) is 1. The Morgan fingerprint density at radius 1 is 0.643 bits per heavy atom. The second-order valence-electron chi connectivity index (χ2n) is 12.0. The summed E-state index contributed by atoms with van der Waals surface area (Å²) in [6, 6.07) is 32.8. The molecule has 1 fully saturated rings. The number of piperidine rings is 1. The van der Waals surface area contributed by atoms with Crippen LogP contribution in [0.25, 0.3) is 0 Å². The van der Waals surface area contributed by atoms with Crippen molar-refractivity contribution < 1.29 is 24.2 Å². The van der Waals surface area contributed by atoms with Crippen LogP contribution < -0.4 is 14.8 Å². The minimum absolute atomic E-state index is 0.0695. The number of carbonyl (C=O) groups is 2. The first-order valence-electron chi connectivity index (χ1n) is 14.2. The number of para-hydroxylation sites is 2. The molecule has 6 nitrogen and oxygen atoms in total. The summed E-state index contributed by atoms with van der Waals surface area (Å²) in [4.78, 5) is 23.4. The first kappa shape index (κ1) is 30.5. The molecular weight excluding hydrogens is 526 g/mol. The highest BCUT2D eigenvalue weighted by Gasteiger charge is 2.38. The lowest BCUT2D eigenvalue weighted by Gasteiger charge is -2.46. The van der Waals surface area contributed by atoms with Gasteiger partial charge in [0.2, 0.25) is 0 Å². The van der Waals surface area contributed by atoms with Gasteiger partial charge in [0.25, 0.3) is 0 Å². The number of ether oxygens (including phenoxy) is 2. The van der Waals surface area contributed by atoms with Crippen LogP contribution >= 0.6 is 0 Å². The van der Waals surface area contributed by atoms with Gasteiger partial charge in [0, 0.05) is 23.1 Å². The summed E-state index contributed by atoms with van der Waals surface area (Å²) < 4.78 is 11.3. The molecule has 1 aliphatic rings. The number of ketones is 1. The lowest BCUT2D eigenvalue weighted by atomic mass is 9.74. The molecule has 0 aliphatic carbocycles. The van der Waals surface area contributed by atoms with Crippen LogP contribution in [-0.2, 0) is 0 Å². The Morgan fingerprint density at radius 2 is 1.02 bits per heavy atom. The van der Waals surface area contributed by atoms with Crippen molar-refractivity contribution in [2.45, 2.75) is 58.0 Å². The van der Waals surface area contributed by atoms with Crippen molar-refractivity contribution >= 4 is 11.8 Å². The van der Waals surface area contributed by atoms with Crippen molar-refractivity contribution in [2.75, 3.05) is 0 Å². The summed E-state index contributed by atoms with van der Waals surface area (Å²) in [5.74, 6) is 2.58. The summed E-state index contributed by atoms with van der Waals surface area (Å²) in [7, 11) is 0. The fraction of sp³-hybridized carbons (Fsp3) is 0.278. The molecule has 5 rings (SSSR count). The van der Waals surface area contributed by atoms with E-state index >= 15 is 0 Å². The summed E-state index contributed by atoms with van der Waals surface area (Å²) in [5.41, 5.74) is 1.15. The van der Waals surface area contributed by atoms with Crippen LogP contribution in [0, 0.1) is 5.92 Å². The quantitative estimate of drug-likeness (QED) is 0.208. The zero-order valence-electron chi connectivity index (χ0n) is 24.7. The van der Waals surface area contributed by atoms with E-state index in [1.807, 2.05) is 84.9 Å². The van der Waals surface area contributed by atoms with E-state index in [-0.39, 0.29) is 22.4 Å². The van der Waals surface area contributed by atoms with Crippen LogP contribution in [0.1, 0.15) is 67.7 Å². The van der Waals surface area contributed by atoms with Gasteiger partial charge in [-0.1, -0.05) is 36.4 Å². The van der Waals surface area contributed by atoms with Gasteiger partial charge in [0.1, 0.15) is 23.0 Å². The number of carbonyl (C=O) groups excluding carboxylic acids is 1. The number of nitrogens with one attached hydrogen (secondary N) is 1. The van der Waals surface area contributed by atoms with E-state index in [2.05, 4.69) is 33.0 Å². The topological polar surface area (TPSA) is 84.9 Å². The van der Waals surface area contributed by atoms with E-state index in [0.717, 1.165) is 35.7 Å². The molecule has 6 heteroatoms. The summed E-state index contributed by atoms with van der Waals surface area (Å²) in [6.45, 7) is 8.89. The van der Waals surface area contributed by atoms with Crippen LogP contribution in [0.3, 0.4) is 0 Å². The first-order chi connectivity index (χ1) is 20.0. The summed E-state index contributed by atoms with van der Waals surface area (Å²) >= 11 is 0. The number of hydrogen-bond donors (Lipinski definition) is 2. The predicted octanol–water partition coefficient (Wildman–Crippen LogP) is 8.79. The van der Waals surface area contributed by atoms with Crippen molar-refractivity contribution in [3.05, 3.63) is 120 Å². The molecule has 0 spiro atoms. The maximum atomic E-state index is 12.7. The molecule has 0 amide bonds. The van der Waals surface area contributed by atoms with Crippen LogP contribution in [0.5, 0.6) is 23.0 Å². The molecule has 4 aromatic rings. The zero-order chi connectivity index (χ0) is 30.2. The predicted molar refractivity (Wildman–Crippen MR) is 166 cm³/mol. The van der Waals surface area contributed by atoms with Gasteiger partial charge in [-0.3, -0.25) is 4.79 Å². The molecule has 0 unspecified atom stereocenters. The molecule has 0 aromatic heterocycles. The fourth-order valence-corrected chi connectivity index (χ4v) is 5.68. The minimum atomic E-state index is -0.939. The number of benzene rings is 4. The van der Waals surface area contributed by atoms with E-state index < -0.39 is 5.97 Å². The van der Waals surface area contributed by atoms with Crippen LogP contribution in [0.2, 0.25) is 0 Å². The SMILES string of the molecule is CC1(C)CC(CC(=O)c2ccc(Oc3ccccc3)cc2)CC(C)(C)N1.O=C(O)c1ccc(Oc2ccccc2)cc1. The number of aromatic carboxylic acids is 1. The van der Waals surface area contributed by atoms with Crippen LogP contribution in [0.15, 0.2) is 109 Å². The fourth-order valence-electron chi connectivity index (χ4n) is 5.68. The number of hydrogen-bond acceptors (Lipinski definition) is 5. The van der Waals surface area contributed by atoms with E-state index in [1.165, 1.54) is 12.1 Å². The van der Waals surface area contributed by atoms with Crippen molar-refractivity contribution in [1.29, 1.82) is 0 Å². The largest absolute Gasteiger partial charge is 0.478 e. The van der Waals surface area contributed by atoms with Gasteiger partial charge >= 0.3 is 5.97 Å². The lowest BCUT2D eigenvalue weighted by molar-refractivity contribution is 0.0696. The Morgan fingerprint density at radius 3 is 1.43 bits per heavy atom. The van der Waals surface area contributed by atoms with Crippen molar-refractivity contribution in [3.63, 3.8) is 0 Å². The third-order valence-corrected chi connectivity index (χ3v) is 6.98. The molecule has 42 heavy (non-hydrogen) atoms. The van der Waals surface area contributed by atoms with Gasteiger partial charge in [0.15, 0.2) is 5.78 Å². The average molecular weight is 566 g/mol. The lowest BCUT2D eigenvalue weighted by Crippen LogP contribution is -2.57. The van der Waals surface area contributed by atoms with Gasteiger partial charge in [-0.15, -0.1) is 0 Å². The molecule has 4 aromatic carbocycles. The van der Waals surface area contributed by atoms with Gasteiger partial charge in [0.05, 0.1) is 5.56 Å². The standard InChI is InChI=1S/C23H29NO2.C13H10O3/c1-22(2)15-17(16-23(3,4)24-22)14-21(25)18-10-12-20(13-11-18)26-19-8-6-5-7-9-19;14-13(15)10-6-8-12(9-7-10)16-11-4-2-1-3-5-11/h5-13,17,24H,14-16H2,1-4H3;1-9H,(H,14,15). The van der Waals surface area contributed by atoms with E-state index in [0.29, 0.717) is 18.1 Å². The third kappa shape index (κ3) is 9.32. The van der Waals surface area contributed by atoms with Gasteiger partial charge in [-0.2, -0.15) is 0 Å². The van der Waals surface area contributed by atoms with Crippen LogP contribution in [0.4, 0.5) is 0 Å². The molecule has 1 saturated heterocycles. The average Bonchev–Trinajstić information content (AvgIpc) is 2.93. The summed E-state index contributed by atoms with van der Waals surface area (Å²) in [5, 5.41) is 12.4. The maximum absolute atomic E-state index is 12.7. The number of Topliss-reactive ketones (excluding diaryl/α,β-unsaturated/α-hetero) is 1. The Kier molecular flexibility index (Phi) is 9.81. The molecule has 2 N–H and O–H groups in total. The normalized spacial score (nSPS) is 15.5. The van der Waals surface area contributed by atoms with Crippen molar-refractivity contribution in [2.24, 2.45) is 5.92 Å². The Hall–Kier alpha value is -4.42. The Labute approximate surface area is 248 Å². The first-order valence-corrected chi connectivity index (χ1v) is 14.2. The molecule has 0 bridgehead atoms. The van der Waals surface area contributed by atoms with Crippen molar-refractivity contribution in [3.8, 4) is 23.0 Å². The highest BCUT2D eigenvalue weighted by molar-refractivity contribution is 5.96. The van der Waals surface area contributed by atoms with E-state index in [9.17, 15) is 9.59 Å². The molecule has 218 valence electrons. The van der Waals surface area contributed by atoms with Gasteiger partial charge < -0.3 is 19.9 Å². The van der Waals surface area contributed by atoms with Crippen molar-refractivity contribution in [1.82, 2.24) is 5.32 Å². The molecular formula is C36H39NO5. The second-order valence-corrected chi connectivity index (χ2v) is 12.0. The number of rotatable bonds is 8. The van der Waals surface area contributed by atoms with E-state index in [4.69, 9.17) is 14.6 Å². The summed E-state index contributed by atoms with van der Waals surface area (Å²) in [6.07, 6.45) is 2.65. The third-order valence-electron chi connectivity index (χ3n) is 6.98. The zero-order valence-corrected chi connectivity index (χ0v) is 24.7. The minimum Gasteiger partial charge on any atom is -0.478 e. The van der Waals surface area contributed by atoms with Gasteiger partial charge in [-0.05, 0) is 119 Å². The molecule has 0 saturated carbocycles. The van der Waals surface area contributed by atoms with E-state index in [1.54, 1.807) is 12.1 Å². The molecule has 0 atom stereocenters. The number of carboxylic acids is 1. The van der Waals surface area contributed by atoms with Gasteiger partial charge in [-0.25, -0.2) is 4.79 Å². The Balaban J connectivity index is 0.000000216. The highest BCUT2D eigenvalue weighted by Crippen LogP contribution is 2.35. The molecule has 1 aliphatic heterocycles. The maximum Gasteiger partial charge on any atom is 0.335 e. The second kappa shape index (κ2) is 13.5. The van der Waals surface area contributed by atoms with Crippen LogP contribution in [-0.4, -0.2) is 27.9 Å².